The molecule has 96 valence electrons. The van der Waals surface area contributed by atoms with Gasteiger partial charge in [0.05, 0.1) is 0 Å². The van der Waals surface area contributed by atoms with E-state index < -0.39 is 44.1 Å². The van der Waals surface area contributed by atoms with Gasteiger partial charge in [0, 0.05) is 0 Å². The Balaban J connectivity index is 2.86. The van der Waals surface area contributed by atoms with Gasteiger partial charge in [-0.25, -0.2) is 0 Å². The van der Waals surface area contributed by atoms with Gasteiger partial charge in [-0.15, -0.1) is 0 Å². The number of ether oxygens (including phenoxy) is 1. The molecule has 0 aromatic carbocycles. The maximum Gasteiger partial charge on any atom is 0.184 e. The van der Waals surface area contributed by atoms with Crippen molar-refractivity contribution in [3.63, 3.8) is 0 Å². The Hall–Kier alpha value is -0.0900. The normalized spacial score (nSPS) is 43.1. The highest BCUT2D eigenvalue weighted by Gasteiger charge is 2.46. The molecule has 0 aromatic rings. The van der Waals surface area contributed by atoms with Crippen molar-refractivity contribution in [1.29, 1.82) is 0 Å². The Morgan fingerprint density at radius 1 is 1.06 bits per heavy atom. The van der Waals surface area contributed by atoms with Gasteiger partial charge in [-0.1, -0.05) is 0 Å². The van der Waals surface area contributed by atoms with E-state index in [9.17, 15) is 19.5 Å². The summed E-state index contributed by atoms with van der Waals surface area (Å²) in [5.74, 6) is -2.63. The monoisotopic (exact) mass is 258 g/mol. The summed E-state index contributed by atoms with van der Waals surface area (Å²) in [5.41, 5.74) is 0. The van der Waals surface area contributed by atoms with Crippen LogP contribution < -0.4 is 9.79 Å². The predicted molar refractivity (Wildman–Crippen MR) is 42.5 cm³/mol. The third-order valence-electron chi connectivity index (χ3n) is 2.24. The van der Waals surface area contributed by atoms with E-state index in [-0.39, 0.29) is 0 Å². The lowest BCUT2D eigenvalue weighted by molar-refractivity contribution is -0.338. The second kappa shape index (κ2) is 4.65. The van der Waals surface area contributed by atoms with Crippen molar-refractivity contribution in [2.24, 2.45) is 0 Å². The molecule has 1 aliphatic rings. The average molecular weight is 258 g/mol. The number of hydrogen-bond acceptors (Lipinski definition) is 9. The van der Waals surface area contributed by atoms with Gasteiger partial charge in [0.2, 0.25) is 0 Å². The minimum atomic E-state index is -5.47. The lowest BCUT2D eigenvalue weighted by Gasteiger charge is -2.45. The summed E-state index contributed by atoms with van der Waals surface area (Å²) < 4.78 is 14.8. The molecule has 16 heavy (non-hydrogen) atoms. The van der Waals surface area contributed by atoms with Gasteiger partial charge in [0.1, 0.15) is 30.3 Å². The molecule has 0 aromatic heterocycles. The molecular weight excluding hydrogens is 247 g/mol. The zero-order valence-electron chi connectivity index (χ0n) is 7.78. The van der Waals surface area contributed by atoms with Crippen molar-refractivity contribution in [1.82, 2.24) is 0 Å². The van der Waals surface area contributed by atoms with E-state index in [1.165, 1.54) is 0 Å². The van der Waals surface area contributed by atoms with Crippen LogP contribution in [0.1, 0.15) is 0 Å². The number of rotatable bonds is 2. The van der Waals surface area contributed by atoms with Crippen molar-refractivity contribution in [2.45, 2.75) is 36.6 Å². The molecule has 0 radical (unpaired) electrons. The SMILES string of the molecule is O=P([O-])([O-])C(O)C1OC(O)C(O)C(O)C1O. The van der Waals surface area contributed by atoms with Crippen LogP contribution in [0.3, 0.4) is 0 Å². The van der Waals surface area contributed by atoms with Gasteiger partial charge in [0.25, 0.3) is 0 Å². The third kappa shape index (κ3) is 2.59. The maximum atomic E-state index is 10.5. The zero-order valence-corrected chi connectivity index (χ0v) is 8.67. The van der Waals surface area contributed by atoms with Crippen molar-refractivity contribution < 1.29 is 44.6 Å². The Labute approximate surface area is 89.7 Å². The summed E-state index contributed by atoms with van der Waals surface area (Å²) in [6, 6.07) is 0. The molecule has 9 nitrogen and oxygen atoms in total. The highest BCUT2D eigenvalue weighted by atomic mass is 31.2. The molecule has 0 bridgehead atoms. The van der Waals surface area contributed by atoms with Gasteiger partial charge >= 0.3 is 0 Å². The number of aliphatic hydroxyl groups is 5. The fourth-order valence-electron chi connectivity index (χ4n) is 1.31. The standard InChI is InChI=1S/C6H13O9P/c7-1-2(8)4(6(11)16(12,13)14)15-5(10)3(1)9/h1-11H,(H2,12,13,14)/p-2. The van der Waals surface area contributed by atoms with Crippen molar-refractivity contribution in [3.05, 3.63) is 0 Å². The molecule has 0 spiro atoms. The molecule has 1 saturated heterocycles. The molecule has 0 saturated carbocycles. The molecule has 1 aliphatic heterocycles. The summed E-state index contributed by atoms with van der Waals surface area (Å²) in [4.78, 5) is 21.0. The van der Waals surface area contributed by atoms with Crippen LogP contribution in [-0.4, -0.2) is 62.1 Å². The van der Waals surface area contributed by atoms with Crippen molar-refractivity contribution in [2.75, 3.05) is 0 Å². The van der Waals surface area contributed by atoms with Gasteiger partial charge in [-0.05, 0) is 7.60 Å². The Kier molecular flexibility index (Phi) is 4.06. The summed E-state index contributed by atoms with van der Waals surface area (Å²) >= 11 is 0. The number of aliphatic hydroxyl groups excluding tert-OH is 5. The quantitative estimate of drug-likeness (QED) is 0.304. The van der Waals surface area contributed by atoms with Crippen molar-refractivity contribution >= 4 is 7.60 Å². The Morgan fingerprint density at radius 2 is 1.56 bits per heavy atom. The van der Waals surface area contributed by atoms with Gasteiger partial charge in [-0.3, -0.25) is 0 Å². The molecule has 10 heteroatoms. The van der Waals surface area contributed by atoms with E-state index in [0.29, 0.717) is 0 Å². The first-order valence-corrected chi connectivity index (χ1v) is 5.85. The highest BCUT2D eigenvalue weighted by Crippen LogP contribution is 2.36. The molecule has 6 atom stereocenters. The topological polar surface area (TPSA) is 174 Å². The van der Waals surface area contributed by atoms with Crippen LogP contribution in [-0.2, 0) is 9.30 Å². The number of hydrogen-bond donors (Lipinski definition) is 5. The molecular formula is C6H11O9P-2. The average Bonchev–Trinajstić information content (AvgIpc) is 2.18. The molecule has 1 rings (SSSR count). The summed E-state index contributed by atoms with van der Waals surface area (Å²) in [6.45, 7) is 0. The smallest absolute Gasteiger partial charge is 0.184 e. The van der Waals surface area contributed by atoms with Gasteiger partial charge < -0.3 is 44.6 Å². The van der Waals surface area contributed by atoms with Crippen LogP contribution in [0, 0.1) is 0 Å². The van der Waals surface area contributed by atoms with Crippen LogP contribution in [0.2, 0.25) is 0 Å². The zero-order chi connectivity index (χ0) is 12.7. The predicted octanol–water partition coefficient (Wildman–Crippen LogP) is -4.98. The highest BCUT2D eigenvalue weighted by molar-refractivity contribution is 7.49. The maximum absolute atomic E-state index is 10.5. The van der Waals surface area contributed by atoms with Crippen LogP contribution in [0.15, 0.2) is 0 Å². The first-order valence-electron chi connectivity index (χ1n) is 4.23. The molecule has 1 fully saturated rings. The van der Waals surface area contributed by atoms with Crippen LogP contribution in [0.4, 0.5) is 0 Å². The Bertz CT molecular complexity index is 290. The van der Waals surface area contributed by atoms with Gasteiger partial charge in [0.15, 0.2) is 6.29 Å². The molecule has 0 amide bonds. The van der Waals surface area contributed by atoms with E-state index in [1.807, 2.05) is 0 Å². The Morgan fingerprint density at radius 3 is 2.00 bits per heavy atom. The van der Waals surface area contributed by atoms with Crippen molar-refractivity contribution in [3.8, 4) is 0 Å². The lowest BCUT2D eigenvalue weighted by Crippen LogP contribution is -2.61. The largest absolute Gasteiger partial charge is 0.809 e. The fraction of sp³-hybridized carbons (Fsp3) is 1.00. The summed E-state index contributed by atoms with van der Waals surface area (Å²) in [7, 11) is -5.47. The molecule has 5 N–H and O–H groups in total. The second-order valence-corrected chi connectivity index (χ2v) is 5.03. The van der Waals surface area contributed by atoms with E-state index in [2.05, 4.69) is 4.74 Å². The minimum Gasteiger partial charge on any atom is -0.809 e. The first-order chi connectivity index (χ1) is 7.16. The van der Waals surface area contributed by atoms with E-state index in [4.69, 9.17) is 20.4 Å². The minimum absolute atomic E-state index is 1.86. The molecule has 0 aliphatic carbocycles. The molecule has 1 heterocycles. The third-order valence-corrected chi connectivity index (χ3v) is 3.18. The second-order valence-electron chi connectivity index (χ2n) is 3.42. The van der Waals surface area contributed by atoms with Gasteiger partial charge in [-0.2, -0.15) is 0 Å². The van der Waals surface area contributed by atoms with Crippen LogP contribution >= 0.6 is 7.60 Å². The summed E-state index contributed by atoms with van der Waals surface area (Å²) in [6.07, 6.45) is -9.84. The van der Waals surface area contributed by atoms with E-state index in [0.717, 1.165) is 0 Å². The molecule has 6 unspecified atom stereocenters. The lowest BCUT2D eigenvalue weighted by atomic mass is 9.99. The van der Waals surface area contributed by atoms with E-state index >= 15 is 0 Å². The summed E-state index contributed by atoms with van der Waals surface area (Å²) in [5, 5.41) is 45.5. The van der Waals surface area contributed by atoms with Crippen LogP contribution in [0.25, 0.3) is 0 Å². The van der Waals surface area contributed by atoms with Crippen LogP contribution in [0.5, 0.6) is 0 Å². The first kappa shape index (κ1) is 14.0. The fourth-order valence-corrected chi connectivity index (χ4v) is 1.92. The van der Waals surface area contributed by atoms with E-state index in [1.54, 1.807) is 0 Å².